The molecule has 7 heteroatoms. The molecular weight excluding hydrogens is 324 g/mol. The summed E-state index contributed by atoms with van der Waals surface area (Å²) in [4.78, 5) is 15.9. The van der Waals surface area contributed by atoms with Crippen molar-refractivity contribution in [2.24, 2.45) is 7.05 Å². The van der Waals surface area contributed by atoms with E-state index in [1.165, 1.54) is 0 Å². The SMILES string of the molecule is Cn1cccc1[C@H]1COCCN1C(=O)c1cc(-c2cccs2)[nH]n1. The molecule has 6 nitrogen and oxygen atoms in total. The summed E-state index contributed by atoms with van der Waals surface area (Å²) in [6.45, 7) is 1.62. The summed E-state index contributed by atoms with van der Waals surface area (Å²) in [6, 6.07) is 9.74. The first-order chi connectivity index (χ1) is 11.7. The number of aromatic nitrogens is 3. The largest absolute Gasteiger partial charge is 0.377 e. The molecule has 0 saturated carbocycles. The van der Waals surface area contributed by atoms with Crippen LogP contribution < -0.4 is 0 Å². The average Bonchev–Trinajstić information content (AvgIpc) is 3.35. The van der Waals surface area contributed by atoms with E-state index in [1.807, 2.05) is 58.4 Å². The van der Waals surface area contributed by atoms with Crippen molar-refractivity contribution in [2.45, 2.75) is 6.04 Å². The monoisotopic (exact) mass is 342 g/mol. The average molecular weight is 342 g/mol. The van der Waals surface area contributed by atoms with Crippen molar-refractivity contribution in [3.05, 3.63) is 53.3 Å². The molecule has 1 fully saturated rings. The Kier molecular flexibility index (Phi) is 3.95. The van der Waals surface area contributed by atoms with Crippen LogP contribution in [0.3, 0.4) is 0 Å². The maximum atomic E-state index is 13.0. The van der Waals surface area contributed by atoms with E-state index < -0.39 is 0 Å². The number of nitrogens with one attached hydrogen (secondary N) is 1. The van der Waals surface area contributed by atoms with Gasteiger partial charge >= 0.3 is 0 Å². The summed E-state index contributed by atoms with van der Waals surface area (Å²) in [5.41, 5.74) is 2.38. The second kappa shape index (κ2) is 6.26. The van der Waals surface area contributed by atoms with Crippen LogP contribution in [0.4, 0.5) is 0 Å². The number of ether oxygens (including phenoxy) is 1. The Balaban J connectivity index is 1.61. The highest BCUT2D eigenvalue weighted by Crippen LogP contribution is 2.27. The zero-order valence-corrected chi connectivity index (χ0v) is 14.1. The van der Waals surface area contributed by atoms with E-state index in [0.29, 0.717) is 25.5 Å². The molecule has 0 aliphatic carbocycles. The standard InChI is InChI=1S/C17H18N4O2S/c1-20-6-2-4-14(20)15-11-23-8-7-21(15)17(22)13-10-12(18-19-13)16-5-3-9-24-16/h2-6,9-10,15H,7-8,11H2,1H3,(H,18,19)/t15-/m1/s1. The van der Waals surface area contributed by atoms with Gasteiger partial charge in [0.05, 0.1) is 29.8 Å². The van der Waals surface area contributed by atoms with Crippen molar-refractivity contribution in [1.82, 2.24) is 19.7 Å². The first-order valence-electron chi connectivity index (χ1n) is 7.83. The third kappa shape index (κ3) is 2.65. The molecule has 1 aliphatic heterocycles. The Bertz CT molecular complexity index is 837. The third-order valence-corrected chi connectivity index (χ3v) is 5.20. The van der Waals surface area contributed by atoms with Crippen LogP contribution in [0.15, 0.2) is 41.9 Å². The van der Waals surface area contributed by atoms with Crippen molar-refractivity contribution in [3.63, 3.8) is 0 Å². The number of H-pyrrole nitrogens is 1. The van der Waals surface area contributed by atoms with Crippen LogP contribution in [-0.4, -0.2) is 45.3 Å². The summed E-state index contributed by atoms with van der Waals surface area (Å²) < 4.78 is 7.64. The van der Waals surface area contributed by atoms with Crippen LogP contribution in [-0.2, 0) is 11.8 Å². The van der Waals surface area contributed by atoms with Gasteiger partial charge < -0.3 is 14.2 Å². The highest BCUT2D eigenvalue weighted by atomic mass is 32.1. The number of morpholine rings is 1. The highest BCUT2D eigenvalue weighted by Gasteiger charge is 2.31. The molecule has 4 rings (SSSR count). The second-order valence-electron chi connectivity index (χ2n) is 5.78. The minimum atomic E-state index is -0.0897. The predicted molar refractivity (Wildman–Crippen MR) is 91.9 cm³/mol. The zero-order valence-electron chi connectivity index (χ0n) is 13.3. The molecule has 0 aromatic carbocycles. The van der Waals surface area contributed by atoms with Gasteiger partial charge in [0.1, 0.15) is 0 Å². The van der Waals surface area contributed by atoms with Crippen LogP contribution in [0.1, 0.15) is 22.2 Å². The molecule has 124 valence electrons. The van der Waals surface area contributed by atoms with E-state index in [-0.39, 0.29) is 11.9 Å². The number of thiophene rings is 1. The second-order valence-corrected chi connectivity index (χ2v) is 6.73. The van der Waals surface area contributed by atoms with Crippen molar-refractivity contribution in [3.8, 4) is 10.6 Å². The minimum Gasteiger partial charge on any atom is -0.377 e. The van der Waals surface area contributed by atoms with Crippen molar-refractivity contribution >= 4 is 17.2 Å². The molecule has 3 aromatic heterocycles. The fourth-order valence-corrected chi connectivity index (χ4v) is 3.74. The van der Waals surface area contributed by atoms with Gasteiger partial charge in [0.15, 0.2) is 5.69 Å². The number of nitrogens with zero attached hydrogens (tertiary/aromatic N) is 3. The molecule has 4 heterocycles. The van der Waals surface area contributed by atoms with E-state index in [1.54, 1.807) is 11.3 Å². The molecule has 24 heavy (non-hydrogen) atoms. The van der Waals surface area contributed by atoms with Crippen molar-refractivity contribution < 1.29 is 9.53 Å². The van der Waals surface area contributed by atoms with Crippen LogP contribution in [0.5, 0.6) is 0 Å². The van der Waals surface area contributed by atoms with Gasteiger partial charge in [-0.25, -0.2) is 0 Å². The molecule has 0 bridgehead atoms. The third-order valence-electron chi connectivity index (χ3n) is 4.30. The van der Waals surface area contributed by atoms with Crippen molar-refractivity contribution in [1.29, 1.82) is 0 Å². The van der Waals surface area contributed by atoms with E-state index in [4.69, 9.17) is 4.74 Å². The lowest BCUT2D eigenvalue weighted by Gasteiger charge is -2.35. The lowest BCUT2D eigenvalue weighted by atomic mass is 10.1. The normalized spacial score (nSPS) is 18.0. The summed E-state index contributed by atoms with van der Waals surface area (Å²) in [7, 11) is 1.98. The first kappa shape index (κ1) is 15.2. The van der Waals surface area contributed by atoms with Gasteiger partial charge in [-0.1, -0.05) is 6.07 Å². The number of aromatic amines is 1. The maximum absolute atomic E-state index is 13.0. The van der Waals surface area contributed by atoms with E-state index >= 15 is 0 Å². The lowest BCUT2D eigenvalue weighted by Crippen LogP contribution is -2.44. The van der Waals surface area contributed by atoms with Gasteiger partial charge in [0.2, 0.25) is 0 Å². The summed E-state index contributed by atoms with van der Waals surface area (Å²) in [5.74, 6) is -0.0662. The first-order valence-corrected chi connectivity index (χ1v) is 8.71. The summed E-state index contributed by atoms with van der Waals surface area (Å²) >= 11 is 1.62. The van der Waals surface area contributed by atoms with Gasteiger partial charge in [0.25, 0.3) is 5.91 Å². The molecule has 1 atom stereocenters. The van der Waals surface area contributed by atoms with Gasteiger partial charge in [-0.05, 0) is 29.6 Å². The molecule has 1 saturated heterocycles. The van der Waals surface area contributed by atoms with Gasteiger partial charge in [-0.15, -0.1) is 11.3 Å². The molecule has 1 aliphatic rings. The van der Waals surface area contributed by atoms with Crippen LogP contribution in [0, 0.1) is 0 Å². The maximum Gasteiger partial charge on any atom is 0.275 e. The number of carbonyl (C=O) groups is 1. The molecule has 1 N–H and O–H groups in total. The van der Waals surface area contributed by atoms with Crippen LogP contribution >= 0.6 is 11.3 Å². The summed E-state index contributed by atoms with van der Waals surface area (Å²) in [6.07, 6.45) is 1.98. The number of amides is 1. The fourth-order valence-electron chi connectivity index (χ4n) is 3.05. The van der Waals surface area contributed by atoms with Gasteiger partial charge in [-0.2, -0.15) is 5.10 Å². The van der Waals surface area contributed by atoms with E-state index in [2.05, 4.69) is 10.2 Å². The molecule has 0 unspecified atom stereocenters. The molecule has 1 amide bonds. The molecule has 3 aromatic rings. The number of hydrogen-bond acceptors (Lipinski definition) is 4. The Morgan fingerprint density at radius 1 is 1.42 bits per heavy atom. The highest BCUT2D eigenvalue weighted by molar-refractivity contribution is 7.13. The Morgan fingerprint density at radius 2 is 2.33 bits per heavy atom. The Morgan fingerprint density at radius 3 is 3.08 bits per heavy atom. The van der Waals surface area contributed by atoms with Gasteiger partial charge in [-0.3, -0.25) is 9.89 Å². The minimum absolute atomic E-state index is 0.0662. The Hall–Kier alpha value is -2.38. The zero-order chi connectivity index (χ0) is 16.5. The molecule has 0 radical (unpaired) electrons. The van der Waals surface area contributed by atoms with E-state index in [0.717, 1.165) is 16.3 Å². The quantitative estimate of drug-likeness (QED) is 0.796. The number of hydrogen-bond donors (Lipinski definition) is 1. The van der Waals surface area contributed by atoms with Crippen LogP contribution in [0.2, 0.25) is 0 Å². The van der Waals surface area contributed by atoms with Crippen molar-refractivity contribution in [2.75, 3.05) is 19.8 Å². The number of aryl methyl sites for hydroxylation is 1. The number of carbonyl (C=O) groups excluding carboxylic acids is 1. The smallest absolute Gasteiger partial charge is 0.275 e. The van der Waals surface area contributed by atoms with Gasteiger partial charge in [0, 0.05) is 25.5 Å². The lowest BCUT2D eigenvalue weighted by molar-refractivity contribution is -0.00494. The topological polar surface area (TPSA) is 63.1 Å². The van der Waals surface area contributed by atoms with Crippen LogP contribution in [0.25, 0.3) is 10.6 Å². The predicted octanol–water partition coefficient (Wildman–Crippen LogP) is 2.69. The molecule has 0 spiro atoms. The number of rotatable bonds is 3. The molecular formula is C17H18N4O2S. The fraction of sp³-hybridized carbons (Fsp3) is 0.294. The summed E-state index contributed by atoms with van der Waals surface area (Å²) in [5, 5.41) is 9.20. The Labute approximate surface area is 143 Å². The van der Waals surface area contributed by atoms with E-state index in [9.17, 15) is 4.79 Å².